The monoisotopic (exact) mass is 1400 g/mol. The van der Waals surface area contributed by atoms with Crippen LogP contribution in [0.25, 0.3) is 43.1 Å². The third kappa shape index (κ3) is 13.3. The van der Waals surface area contributed by atoms with E-state index in [4.69, 9.17) is 0 Å². The van der Waals surface area contributed by atoms with Gasteiger partial charge in [0.15, 0.2) is 11.5 Å². The smallest absolute Gasteiger partial charge is 0.320 e. The molecule has 11 aromatic rings. The van der Waals surface area contributed by atoms with Gasteiger partial charge in [0.05, 0.1) is 16.3 Å². The number of fused-ring (bicyclic) bond motifs is 4. The van der Waals surface area contributed by atoms with Crippen molar-refractivity contribution in [2.75, 3.05) is 21.3 Å². The van der Waals surface area contributed by atoms with E-state index >= 15 is 0 Å². The number of hydrogen-bond acceptors (Lipinski definition) is 30. The fraction of sp³-hybridized carbons (Fsp3) is 0. The molecule has 9 aromatic carbocycles. The lowest BCUT2D eigenvalue weighted by Gasteiger charge is -2.14. The van der Waals surface area contributed by atoms with E-state index in [2.05, 4.69) is 71.6 Å². The van der Waals surface area contributed by atoms with E-state index in [1.165, 1.54) is 48.5 Å². The summed E-state index contributed by atoms with van der Waals surface area (Å²) < 4.78 is 210. The van der Waals surface area contributed by atoms with Gasteiger partial charge in [-0.3, -0.25) is 27.3 Å². The van der Waals surface area contributed by atoms with Gasteiger partial charge in [-0.25, -0.2) is 0 Å². The molecule has 0 amide bonds. The van der Waals surface area contributed by atoms with Gasteiger partial charge in [-0.05, 0) is 89.6 Å². The molecule has 0 fully saturated rings. The molecule has 14 N–H and O–H groups in total. The number of aromatic hydroxyl groups is 4. The Hall–Kier alpha value is -10.9. The van der Waals surface area contributed by atoms with Crippen LogP contribution in [0, 0.1) is 0 Å². The highest BCUT2D eigenvalue weighted by molar-refractivity contribution is 7.87. The Morgan fingerprint density at radius 1 is 0.330 bits per heavy atom. The number of phenolic OH excluding ortho intramolecular Hbond substituents is 2. The number of anilines is 8. The van der Waals surface area contributed by atoms with Crippen LogP contribution in [-0.2, 0) is 60.7 Å². The minimum absolute atomic E-state index is 0.0739. The highest BCUT2D eigenvalue weighted by Gasteiger charge is 2.29. The largest absolute Gasteiger partial charge is 0.505 e. The first-order valence-corrected chi connectivity index (χ1v) is 34.1. The fourth-order valence-corrected chi connectivity index (χ4v) is 13.8. The first-order chi connectivity index (χ1) is 44.0. The second kappa shape index (κ2) is 23.7. The van der Waals surface area contributed by atoms with Gasteiger partial charge < -0.3 is 41.7 Å². The summed E-state index contributed by atoms with van der Waals surface area (Å²) in [6.45, 7) is 0. The summed E-state index contributed by atoms with van der Waals surface area (Å²) in [6, 6.07) is 23.1. The number of azo groups is 2. The molecule has 0 atom stereocenters. The van der Waals surface area contributed by atoms with E-state index in [-0.39, 0.29) is 72.3 Å². The maximum atomic E-state index is 12.7. The molecule has 0 saturated heterocycles. The van der Waals surface area contributed by atoms with Crippen LogP contribution in [-0.4, -0.2) is 128 Å². The minimum Gasteiger partial charge on any atom is -0.505 e. The number of nitrogens with zero attached hydrogens (tertiary/aromatic N) is 10. The summed E-state index contributed by atoms with van der Waals surface area (Å²) in [5.41, 5.74) is -2.67. The van der Waals surface area contributed by atoms with Crippen molar-refractivity contribution in [3.63, 3.8) is 0 Å². The first kappa shape index (κ1) is 64.6. The zero-order valence-corrected chi connectivity index (χ0v) is 50.9. The third-order valence-corrected chi connectivity index (χ3v) is 18.7. The van der Waals surface area contributed by atoms with Crippen molar-refractivity contribution in [1.82, 2.24) is 29.9 Å². The summed E-state index contributed by atoms with van der Waals surface area (Å²) >= 11 is 0. The highest BCUT2D eigenvalue weighted by Crippen LogP contribution is 2.47. The number of nitrogens with one attached hydrogen (secondary N) is 4. The predicted octanol–water partition coefficient (Wildman–Crippen LogP) is 8.78. The Bertz CT molecular complexity index is 5880. The Morgan fingerprint density at radius 3 is 1.21 bits per heavy atom. The van der Waals surface area contributed by atoms with Crippen LogP contribution < -0.4 is 21.3 Å². The lowest BCUT2D eigenvalue weighted by Crippen LogP contribution is -2.05. The maximum Gasteiger partial charge on any atom is 0.320 e. The SMILES string of the molecule is O=S(=O)(O)c1cc(Nc2nc(O)nc(Nc3ccc(Nc4nc(O)nc(Nc5cccc6cc(S(=O)(=O)O)c(N=Nc7ccc8c(S(=O)(=O)O)cccc8c7S(=O)(=O)O)c(O)c56)n4)cc3)n2)c2c(O)c(N=Nc3ccc4c(S(=O)(=O)O)cccc4c3S(=O)(=O)O)ccc2c1. The van der Waals surface area contributed by atoms with Gasteiger partial charge in [-0.15, -0.1) is 20.5 Å². The van der Waals surface area contributed by atoms with Crippen LogP contribution in [0.4, 0.5) is 69.3 Å². The molecule has 0 unspecified atom stereocenters. The van der Waals surface area contributed by atoms with Crippen molar-refractivity contribution in [2.24, 2.45) is 20.5 Å². The van der Waals surface area contributed by atoms with E-state index in [1.807, 2.05) is 0 Å². The van der Waals surface area contributed by atoms with E-state index in [1.54, 1.807) is 0 Å². The molecular formula is C52H36N14O22S6. The number of benzene rings is 9. The molecule has 2 heterocycles. The first-order valence-electron chi connectivity index (χ1n) is 25.5. The van der Waals surface area contributed by atoms with Crippen molar-refractivity contribution in [3.05, 3.63) is 133 Å². The summed E-state index contributed by atoms with van der Waals surface area (Å²) in [7, 11) is -30.6. The normalized spacial score (nSPS) is 12.7. The number of rotatable bonds is 18. The standard InChI is InChI=1S/C52H36N14O22S6/c67-43-33(63-64-34-18-15-28-30(45(34)93(83,84)85)5-2-8-37(28)90(74,75)76)17-10-24-20-27(89(71,72)73)22-36(41(24)43)56-50-58-48(60-52(70)62-50)54-26-13-11-25(12-14-26)53-47-57-49(61-51(69)59-47)55-32-7-1-4-23-21-39(92(80,81)82)42(44(68)40(23)32)66-65-35-19-16-29-31(46(35)94(86,87)88)6-3-9-38(29)91(77,78)79/h1-22,67-68H,(H,71,72,73)(H,74,75,76)(H,77,78,79)(H,80,81,82)(H,83,84,85)(H,86,87,88)(H3,53,55,57,59,61,69)(H3,54,56,58,60,62,70). The Kier molecular flexibility index (Phi) is 16.3. The van der Waals surface area contributed by atoms with E-state index < -0.39 is 154 Å². The molecule has 94 heavy (non-hydrogen) atoms. The van der Waals surface area contributed by atoms with Crippen molar-refractivity contribution in [1.29, 1.82) is 0 Å². The van der Waals surface area contributed by atoms with Gasteiger partial charge in [0.2, 0.25) is 23.8 Å². The predicted molar refractivity (Wildman–Crippen MR) is 329 cm³/mol. The van der Waals surface area contributed by atoms with Gasteiger partial charge in [0, 0.05) is 43.7 Å². The Balaban J connectivity index is 0.848. The Morgan fingerprint density at radius 2 is 0.745 bits per heavy atom. The van der Waals surface area contributed by atoms with Crippen LogP contribution >= 0.6 is 0 Å². The lowest BCUT2D eigenvalue weighted by atomic mass is 10.1. The van der Waals surface area contributed by atoms with E-state index in [9.17, 15) is 98.2 Å². The molecule has 0 aliphatic rings. The molecule has 0 bridgehead atoms. The van der Waals surface area contributed by atoms with E-state index in [0.717, 1.165) is 84.9 Å². The number of aromatic nitrogens is 6. The topological polar surface area (TPSA) is 582 Å². The fourth-order valence-electron chi connectivity index (χ4n) is 9.56. The van der Waals surface area contributed by atoms with Gasteiger partial charge in [-0.1, -0.05) is 54.6 Å². The van der Waals surface area contributed by atoms with Gasteiger partial charge in [0.25, 0.3) is 60.7 Å². The summed E-state index contributed by atoms with van der Waals surface area (Å²) in [6.07, 6.45) is 0. The maximum absolute atomic E-state index is 12.7. The quantitative estimate of drug-likeness (QED) is 0.0282. The molecular weight excluding hydrogens is 1370 g/mol. The van der Waals surface area contributed by atoms with Crippen LogP contribution in [0.3, 0.4) is 0 Å². The number of phenols is 2. The van der Waals surface area contributed by atoms with Crippen molar-refractivity contribution in [2.45, 2.75) is 29.4 Å². The molecule has 2 aromatic heterocycles. The molecule has 0 saturated carbocycles. The average Bonchev–Trinajstić information content (AvgIpc) is 0.773. The third-order valence-electron chi connectivity index (χ3n) is 13.3. The summed E-state index contributed by atoms with van der Waals surface area (Å²) in [4.78, 5) is 18.7. The molecule has 11 rings (SSSR count). The van der Waals surface area contributed by atoms with Gasteiger partial charge >= 0.3 is 12.0 Å². The van der Waals surface area contributed by atoms with Crippen LogP contribution in [0.2, 0.25) is 0 Å². The molecule has 482 valence electrons. The second-order valence-corrected chi connectivity index (χ2v) is 27.7. The average molecular weight is 1400 g/mol. The summed E-state index contributed by atoms with van der Waals surface area (Å²) in [5, 5.41) is 68.7. The van der Waals surface area contributed by atoms with Crippen LogP contribution in [0.1, 0.15) is 0 Å². The molecule has 0 radical (unpaired) electrons. The molecule has 42 heteroatoms. The number of hydrogen-bond donors (Lipinski definition) is 14. The molecule has 0 spiro atoms. The van der Waals surface area contributed by atoms with Crippen LogP contribution in [0.5, 0.6) is 23.5 Å². The summed E-state index contributed by atoms with van der Waals surface area (Å²) in [5.74, 6) is -3.33. The minimum atomic E-state index is -5.31. The highest BCUT2D eigenvalue weighted by atomic mass is 32.2. The second-order valence-electron chi connectivity index (χ2n) is 19.4. The van der Waals surface area contributed by atoms with Crippen molar-refractivity contribution in [3.8, 4) is 23.5 Å². The zero-order valence-electron chi connectivity index (χ0n) is 46.0. The molecule has 36 nitrogen and oxygen atoms in total. The van der Waals surface area contributed by atoms with E-state index in [0.29, 0.717) is 0 Å². The van der Waals surface area contributed by atoms with Gasteiger partial charge in [-0.2, -0.15) is 80.4 Å². The van der Waals surface area contributed by atoms with Gasteiger partial charge in [0.1, 0.15) is 47.2 Å². The van der Waals surface area contributed by atoms with Crippen molar-refractivity contribution < 1.29 is 98.2 Å². The van der Waals surface area contributed by atoms with Crippen LogP contribution in [0.15, 0.2) is 183 Å². The zero-order chi connectivity index (χ0) is 67.8. The lowest BCUT2D eigenvalue weighted by molar-refractivity contribution is 0.429. The molecule has 0 aliphatic carbocycles. The van der Waals surface area contributed by atoms with Crippen molar-refractivity contribution >= 4 is 173 Å². The molecule has 0 aliphatic heterocycles. The Labute approximate surface area is 526 Å².